The normalized spacial score (nSPS) is 12.0. The van der Waals surface area contributed by atoms with Gasteiger partial charge in [-0.1, -0.05) is 77.6 Å². The van der Waals surface area contributed by atoms with E-state index >= 15 is 0 Å². The van der Waals surface area contributed by atoms with E-state index in [9.17, 15) is 9.90 Å². The van der Waals surface area contributed by atoms with E-state index in [0.29, 0.717) is 17.3 Å². The molecule has 0 aliphatic carbocycles. The molecular weight excluding hydrogens is 711 g/mol. The molecule has 4 aromatic rings. The predicted octanol–water partition coefficient (Wildman–Crippen LogP) is 10.8. The molecule has 1 N–H and O–H groups in total. The third-order valence-electron chi connectivity index (χ3n) is 8.53. The Bertz CT molecular complexity index is 1550. The molecule has 0 atom stereocenters. The second-order valence-corrected chi connectivity index (χ2v) is 12.1. The number of rotatable bonds is 10. The number of hydrogen-bond acceptors (Lipinski definition) is 4. The van der Waals surface area contributed by atoms with E-state index in [-0.39, 0.29) is 37.7 Å². The maximum absolute atomic E-state index is 12.1. The number of benzene rings is 2. The van der Waals surface area contributed by atoms with E-state index in [2.05, 4.69) is 64.1 Å². The molecule has 235 valence electrons. The molecule has 2 aromatic heterocycles. The Labute approximate surface area is 272 Å². The molecule has 4 rings (SSSR count). The summed E-state index contributed by atoms with van der Waals surface area (Å²) in [6.45, 7) is 20.6. The summed E-state index contributed by atoms with van der Waals surface area (Å²) in [4.78, 5) is 16.8. The van der Waals surface area contributed by atoms with E-state index in [1.807, 2.05) is 40.8 Å². The SMILES string of the molecule is CCC(CC)C(=O)/C(C)=C(\O)C(CC)CC.Cc1[c-]c(-c2nccc3cc(CC(C)C)ccc23)c2oc(C)c(C)c2c1.[Ir]. The van der Waals surface area contributed by atoms with Crippen molar-refractivity contribution in [3.63, 3.8) is 0 Å². The average Bonchev–Trinajstić information content (AvgIpc) is 3.25. The summed E-state index contributed by atoms with van der Waals surface area (Å²) in [6, 6.07) is 14.4. The van der Waals surface area contributed by atoms with Gasteiger partial charge < -0.3 is 14.5 Å². The Balaban J connectivity index is 0.000000332. The van der Waals surface area contributed by atoms with Gasteiger partial charge in [0.25, 0.3) is 0 Å². The summed E-state index contributed by atoms with van der Waals surface area (Å²) < 4.78 is 6.09. The van der Waals surface area contributed by atoms with Crippen molar-refractivity contribution in [3.05, 3.63) is 76.4 Å². The zero-order chi connectivity index (χ0) is 31.1. The molecular formula is C38H50IrNO3-. The molecule has 2 aromatic carbocycles. The smallest absolute Gasteiger partial charge is 0.164 e. The molecule has 43 heavy (non-hydrogen) atoms. The first-order chi connectivity index (χ1) is 20.0. The molecule has 0 amide bonds. The van der Waals surface area contributed by atoms with Gasteiger partial charge in [0.2, 0.25) is 0 Å². The van der Waals surface area contributed by atoms with Crippen LogP contribution in [-0.2, 0) is 31.3 Å². The maximum Gasteiger partial charge on any atom is 0.164 e. The number of ketones is 1. The number of pyridine rings is 1. The standard InChI is InChI=1S/C24H24NO.C14H26O2.Ir/c1-14(2)10-18-6-7-20-19(13-18)8-9-25-23(20)22-12-15(3)11-21-16(4)17(5)26-24(21)22;1-6-11(7-2)13(15)10(5)14(16)12(8-3)9-4;/h6-9,11,13-14H,10H2,1-5H3;11-12,15H,6-9H2,1-5H3;/q-1;;/b;13-10-;. The van der Waals surface area contributed by atoms with E-state index in [1.54, 1.807) is 6.92 Å². The predicted molar refractivity (Wildman–Crippen MR) is 177 cm³/mol. The van der Waals surface area contributed by atoms with Crippen molar-refractivity contribution in [1.82, 2.24) is 4.98 Å². The Morgan fingerprint density at radius 2 is 1.56 bits per heavy atom. The zero-order valence-electron chi connectivity index (χ0n) is 27.8. The van der Waals surface area contributed by atoms with Crippen LogP contribution in [0.25, 0.3) is 33.0 Å². The van der Waals surface area contributed by atoms with Crippen LogP contribution in [0.2, 0.25) is 0 Å². The quantitative estimate of drug-likeness (QED) is 0.0993. The van der Waals surface area contributed by atoms with Gasteiger partial charge >= 0.3 is 0 Å². The van der Waals surface area contributed by atoms with Crippen LogP contribution in [-0.4, -0.2) is 15.9 Å². The van der Waals surface area contributed by atoms with Crippen molar-refractivity contribution in [2.24, 2.45) is 17.8 Å². The number of carbonyl (C=O) groups is 1. The number of aliphatic hydroxyl groups excluding tert-OH is 1. The summed E-state index contributed by atoms with van der Waals surface area (Å²) >= 11 is 0. The van der Waals surface area contributed by atoms with Gasteiger partial charge in [-0.25, -0.2) is 0 Å². The first-order valence-electron chi connectivity index (χ1n) is 15.7. The molecule has 0 saturated heterocycles. The van der Waals surface area contributed by atoms with Crippen LogP contribution in [0.5, 0.6) is 0 Å². The number of nitrogens with zero attached hydrogens (tertiary/aromatic N) is 1. The van der Waals surface area contributed by atoms with Crippen LogP contribution in [0.4, 0.5) is 0 Å². The fourth-order valence-corrected chi connectivity index (χ4v) is 5.78. The number of carbonyl (C=O) groups excluding carboxylic acids is 1. The minimum absolute atomic E-state index is 0. The molecule has 0 fully saturated rings. The van der Waals surface area contributed by atoms with Crippen molar-refractivity contribution in [3.8, 4) is 11.3 Å². The Hall–Kier alpha value is -2.75. The molecule has 0 aliphatic heterocycles. The number of furan rings is 1. The van der Waals surface area contributed by atoms with Gasteiger partial charge in [-0.05, 0) is 92.5 Å². The first-order valence-corrected chi connectivity index (χ1v) is 15.7. The van der Waals surface area contributed by atoms with Crippen LogP contribution in [0.3, 0.4) is 0 Å². The number of fused-ring (bicyclic) bond motifs is 2. The average molecular weight is 761 g/mol. The molecule has 2 heterocycles. The summed E-state index contributed by atoms with van der Waals surface area (Å²) in [7, 11) is 0. The monoisotopic (exact) mass is 761 g/mol. The van der Waals surface area contributed by atoms with Crippen molar-refractivity contribution < 1.29 is 34.4 Å². The van der Waals surface area contributed by atoms with Crippen LogP contribution in [0.1, 0.15) is 96.6 Å². The second kappa shape index (κ2) is 16.4. The van der Waals surface area contributed by atoms with E-state index in [0.717, 1.165) is 71.0 Å². The number of Topliss-reactive ketones (excluding diaryl/α,β-unsaturated/α-hetero) is 1. The van der Waals surface area contributed by atoms with Gasteiger partial charge in [0.15, 0.2) is 5.78 Å². The zero-order valence-corrected chi connectivity index (χ0v) is 30.2. The van der Waals surface area contributed by atoms with Gasteiger partial charge in [-0.2, -0.15) is 0 Å². The van der Waals surface area contributed by atoms with Crippen LogP contribution in [0, 0.1) is 44.6 Å². The molecule has 0 spiro atoms. The van der Waals surface area contributed by atoms with Crippen molar-refractivity contribution in [2.45, 2.75) is 101 Å². The Morgan fingerprint density at radius 3 is 2.14 bits per heavy atom. The third kappa shape index (κ3) is 8.46. The first kappa shape index (κ1) is 36.4. The summed E-state index contributed by atoms with van der Waals surface area (Å²) in [5.41, 5.74) is 7.02. The van der Waals surface area contributed by atoms with Gasteiger partial charge in [0.1, 0.15) is 5.76 Å². The molecule has 5 heteroatoms. The number of allylic oxidation sites excluding steroid dienone is 2. The van der Waals surface area contributed by atoms with E-state index < -0.39 is 0 Å². The fourth-order valence-electron chi connectivity index (χ4n) is 5.78. The number of hydrogen-bond donors (Lipinski definition) is 1. The van der Waals surface area contributed by atoms with E-state index in [1.165, 1.54) is 16.5 Å². The van der Waals surface area contributed by atoms with Gasteiger partial charge in [0.05, 0.1) is 11.3 Å². The number of aliphatic hydroxyl groups is 1. The van der Waals surface area contributed by atoms with Crippen molar-refractivity contribution in [1.29, 1.82) is 0 Å². The van der Waals surface area contributed by atoms with Crippen LogP contribution >= 0.6 is 0 Å². The van der Waals surface area contributed by atoms with Gasteiger partial charge in [-0.15, -0.1) is 17.7 Å². The third-order valence-corrected chi connectivity index (χ3v) is 8.53. The topological polar surface area (TPSA) is 63.3 Å². The fraction of sp³-hybridized carbons (Fsp3) is 0.474. The molecule has 4 nitrogen and oxygen atoms in total. The summed E-state index contributed by atoms with van der Waals surface area (Å²) in [5, 5.41) is 13.6. The largest absolute Gasteiger partial charge is 0.512 e. The molecule has 0 aliphatic rings. The maximum atomic E-state index is 12.1. The molecule has 0 saturated carbocycles. The van der Waals surface area contributed by atoms with Crippen LogP contribution in [0.15, 0.2) is 52.3 Å². The molecule has 0 unspecified atom stereocenters. The minimum atomic E-state index is 0. The van der Waals surface area contributed by atoms with Crippen molar-refractivity contribution in [2.75, 3.05) is 0 Å². The number of aromatic nitrogens is 1. The van der Waals surface area contributed by atoms with Crippen molar-refractivity contribution >= 4 is 27.5 Å². The van der Waals surface area contributed by atoms with Gasteiger partial charge in [-0.3, -0.25) is 4.79 Å². The summed E-state index contributed by atoms with van der Waals surface area (Å²) in [6.07, 6.45) is 6.45. The second-order valence-electron chi connectivity index (χ2n) is 12.1. The van der Waals surface area contributed by atoms with E-state index in [4.69, 9.17) is 9.40 Å². The molecule has 0 bridgehead atoms. The number of aryl methyl sites for hydroxylation is 3. The van der Waals surface area contributed by atoms with Gasteiger partial charge in [0, 0.05) is 43.7 Å². The Morgan fingerprint density at radius 1 is 0.930 bits per heavy atom. The summed E-state index contributed by atoms with van der Waals surface area (Å²) in [5.74, 6) is 2.23. The Kier molecular flexibility index (Phi) is 13.9. The minimum Gasteiger partial charge on any atom is -0.512 e. The van der Waals surface area contributed by atoms with Crippen LogP contribution < -0.4 is 0 Å². The molecule has 1 radical (unpaired) electrons.